The van der Waals surface area contributed by atoms with Gasteiger partial charge in [0.15, 0.2) is 0 Å². The fraction of sp³-hybridized carbons (Fsp3) is 0.750. The first-order chi connectivity index (χ1) is 6.17. The minimum Gasteiger partial charge on any atom is -0.394 e. The number of rotatable bonds is 7. The van der Waals surface area contributed by atoms with E-state index in [1.54, 1.807) is 0 Å². The molecular weight excluding hydrogens is 176 g/mol. The Morgan fingerprint density at radius 3 is 1.92 bits per heavy atom. The molecule has 0 spiro atoms. The lowest BCUT2D eigenvalue weighted by Crippen LogP contribution is -2.43. The third-order valence-corrected chi connectivity index (χ3v) is 1.54. The highest BCUT2D eigenvalue weighted by Gasteiger charge is 2.26. The molecule has 0 aromatic rings. The van der Waals surface area contributed by atoms with Crippen LogP contribution in [-0.4, -0.2) is 58.6 Å². The van der Waals surface area contributed by atoms with E-state index in [9.17, 15) is 0 Å². The molecule has 0 radical (unpaired) electrons. The van der Waals surface area contributed by atoms with Gasteiger partial charge < -0.3 is 25.2 Å². The van der Waals surface area contributed by atoms with Crippen LogP contribution in [-0.2, 0) is 4.74 Å². The molecule has 4 N–H and O–H groups in total. The van der Waals surface area contributed by atoms with Gasteiger partial charge in [-0.3, -0.25) is 0 Å². The van der Waals surface area contributed by atoms with Crippen molar-refractivity contribution in [2.24, 2.45) is 0 Å². The predicted molar refractivity (Wildman–Crippen MR) is 46.1 cm³/mol. The van der Waals surface area contributed by atoms with E-state index in [4.69, 9.17) is 25.2 Å². The van der Waals surface area contributed by atoms with Crippen molar-refractivity contribution in [1.29, 1.82) is 0 Å². The first kappa shape index (κ1) is 12.5. The van der Waals surface area contributed by atoms with Gasteiger partial charge >= 0.3 is 0 Å². The van der Waals surface area contributed by atoms with E-state index in [-0.39, 0.29) is 6.61 Å². The SMILES string of the molecule is C=CCOC(C(O)CO)C(O)CO. The summed E-state index contributed by atoms with van der Waals surface area (Å²) in [6.07, 6.45) is -1.96. The molecule has 5 nitrogen and oxygen atoms in total. The largest absolute Gasteiger partial charge is 0.394 e. The van der Waals surface area contributed by atoms with Gasteiger partial charge in [-0.25, -0.2) is 0 Å². The van der Waals surface area contributed by atoms with Crippen LogP contribution >= 0.6 is 0 Å². The molecule has 0 amide bonds. The van der Waals surface area contributed by atoms with Gasteiger partial charge in [0.1, 0.15) is 18.3 Å². The Morgan fingerprint density at radius 1 is 1.15 bits per heavy atom. The molecule has 0 aromatic heterocycles. The van der Waals surface area contributed by atoms with Gasteiger partial charge in [0.05, 0.1) is 19.8 Å². The minimum absolute atomic E-state index is 0.138. The molecule has 0 rings (SSSR count). The second kappa shape index (κ2) is 6.99. The maximum absolute atomic E-state index is 9.17. The average Bonchev–Trinajstić information content (AvgIpc) is 2.17. The highest BCUT2D eigenvalue weighted by atomic mass is 16.5. The third-order valence-electron chi connectivity index (χ3n) is 1.54. The van der Waals surface area contributed by atoms with E-state index >= 15 is 0 Å². The van der Waals surface area contributed by atoms with Crippen LogP contribution in [0.3, 0.4) is 0 Å². The quantitative estimate of drug-likeness (QED) is 0.360. The smallest absolute Gasteiger partial charge is 0.114 e. The number of ether oxygens (including phenoxy) is 1. The second-order valence-electron chi connectivity index (χ2n) is 2.59. The predicted octanol–water partition coefficient (Wildman–Crippen LogP) is -1.74. The minimum atomic E-state index is -1.21. The van der Waals surface area contributed by atoms with Crippen molar-refractivity contribution in [3.05, 3.63) is 12.7 Å². The van der Waals surface area contributed by atoms with Crippen molar-refractivity contribution >= 4 is 0 Å². The zero-order valence-corrected chi connectivity index (χ0v) is 7.33. The van der Waals surface area contributed by atoms with Crippen LogP contribution in [0.5, 0.6) is 0 Å². The van der Waals surface area contributed by atoms with E-state index in [0.29, 0.717) is 0 Å². The molecule has 2 unspecified atom stereocenters. The van der Waals surface area contributed by atoms with Crippen molar-refractivity contribution in [2.45, 2.75) is 18.3 Å². The van der Waals surface area contributed by atoms with E-state index in [0.717, 1.165) is 0 Å². The van der Waals surface area contributed by atoms with Gasteiger partial charge in [0, 0.05) is 0 Å². The molecule has 0 bridgehead atoms. The summed E-state index contributed by atoms with van der Waals surface area (Å²) < 4.78 is 4.96. The summed E-state index contributed by atoms with van der Waals surface area (Å²) in [7, 11) is 0. The Kier molecular flexibility index (Phi) is 6.75. The first-order valence-electron chi connectivity index (χ1n) is 3.97. The van der Waals surface area contributed by atoms with Crippen LogP contribution in [0.25, 0.3) is 0 Å². The lowest BCUT2D eigenvalue weighted by Gasteiger charge is -2.24. The Hall–Kier alpha value is -0.460. The molecule has 0 aromatic carbocycles. The number of hydrogen-bond acceptors (Lipinski definition) is 5. The van der Waals surface area contributed by atoms with Gasteiger partial charge in [0.2, 0.25) is 0 Å². The summed E-state index contributed by atoms with van der Waals surface area (Å²) in [4.78, 5) is 0. The van der Waals surface area contributed by atoms with Gasteiger partial charge in [0.25, 0.3) is 0 Å². The van der Waals surface area contributed by atoms with Crippen molar-refractivity contribution in [2.75, 3.05) is 19.8 Å². The maximum atomic E-state index is 9.17. The van der Waals surface area contributed by atoms with Crippen molar-refractivity contribution in [3.8, 4) is 0 Å². The van der Waals surface area contributed by atoms with Crippen LogP contribution in [0.1, 0.15) is 0 Å². The summed E-state index contributed by atoms with van der Waals surface area (Å²) >= 11 is 0. The van der Waals surface area contributed by atoms with Gasteiger partial charge in [-0.2, -0.15) is 0 Å². The molecule has 0 saturated heterocycles. The van der Waals surface area contributed by atoms with Crippen molar-refractivity contribution in [3.63, 3.8) is 0 Å². The lowest BCUT2D eigenvalue weighted by molar-refractivity contribution is -0.117. The molecule has 0 saturated carbocycles. The molecule has 0 heterocycles. The van der Waals surface area contributed by atoms with E-state index < -0.39 is 31.5 Å². The molecule has 0 aliphatic rings. The molecule has 2 atom stereocenters. The second-order valence-corrected chi connectivity index (χ2v) is 2.59. The third kappa shape index (κ3) is 4.35. The van der Waals surface area contributed by atoms with Crippen LogP contribution in [0, 0.1) is 0 Å². The summed E-state index contributed by atoms with van der Waals surface area (Å²) in [5.74, 6) is 0. The van der Waals surface area contributed by atoms with E-state index in [1.807, 2.05) is 0 Å². The summed E-state index contributed by atoms with van der Waals surface area (Å²) in [6, 6.07) is 0. The zero-order chi connectivity index (χ0) is 10.3. The molecular formula is C8H16O5. The topological polar surface area (TPSA) is 90.2 Å². The van der Waals surface area contributed by atoms with Crippen LogP contribution < -0.4 is 0 Å². The molecule has 0 fully saturated rings. The molecule has 0 aliphatic heterocycles. The average molecular weight is 192 g/mol. The van der Waals surface area contributed by atoms with Gasteiger partial charge in [-0.1, -0.05) is 6.08 Å². The molecule has 78 valence electrons. The fourth-order valence-corrected chi connectivity index (χ4v) is 0.866. The summed E-state index contributed by atoms with van der Waals surface area (Å²) in [5.41, 5.74) is 0. The highest BCUT2D eigenvalue weighted by Crippen LogP contribution is 2.05. The normalized spacial score (nSPS) is 17.8. The summed E-state index contributed by atoms with van der Waals surface area (Å²) in [5, 5.41) is 35.5. The van der Waals surface area contributed by atoms with Crippen molar-refractivity contribution < 1.29 is 25.2 Å². The zero-order valence-electron chi connectivity index (χ0n) is 7.33. The fourth-order valence-electron chi connectivity index (χ4n) is 0.866. The van der Waals surface area contributed by atoms with E-state index in [1.165, 1.54) is 6.08 Å². The summed E-state index contributed by atoms with van der Waals surface area (Å²) in [6.45, 7) is 2.47. The first-order valence-corrected chi connectivity index (χ1v) is 3.97. The maximum Gasteiger partial charge on any atom is 0.114 e. The molecule has 13 heavy (non-hydrogen) atoms. The molecule has 0 aliphatic carbocycles. The van der Waals surface area contributed by atoms with E-state index in [2.05, 4.69) is 6.58 Å². The Labute approximate surface area is 76.9 Å². The molecule has 5 heteroatoms. The van der Waals surface area contributed by atoms with Crippen molar-refractivity contribution in [1.82, 2.24) is 0 Å². The number of aliphatic hydroxyl groups excluding tert-OH is 4. The number of hydrogen-bond donors (Lipinski definition) is 4. The van der Waals surface area contributed by atoms with Gasteiger partial charge in [-0.15, -0.1) is 6.58 Å². The number of aliphatic hydroxyl groups is 4. The van der Waals surface area contributed by atoms with Crippen LogP contribution in [0.2, 0.25) is 0 Å². The Balaban J connectivity index is 4.08. The lowest BCUT2D eigenvalue weighted by atomic mass is 10.1. The highest BCUT2D eigenvalue weighted by molar-refractivity contribution is 4.78. The Morgan fingerprint density at radius 2 is 1.62 bits per heavy atom. The van der Waals surface area contributed by atoms with Gasteiger partial charge in [-0.05, 0) is 0 Å². The van der Waals surface area contributed by atoms with Crippen LogP contribution in [0.15, 0.2) is 12.7 Å². The monoisotopic (exact) mass is 192 g/mol. The van der Waals surface area contributed by atoms with Crippen LogP contribution in [0.4, 0.5) is 0 Å². The Bertz CT molecular complexity index is 128. The standard InChI is InChI=1S/C8H16O5/c1-2-3-13-8(6(11)4-9)7(12)5-10/h2,6-12H,1,3-5H2.